The minimum atomic E-state index is -2.26. The van der Waals surface area contributed by atoms with Gasteiger partial charge in [-0.1, -0.05) is 93.2 Å². The Morgan fingerprint density at radius 1 is 0.950 bits per heavy atom. The van der Waals surface area contributed by atoms with Gasteiger partial charge in [-0.3, -0.25) is 9.59 Å². The second-order valence-electron chi connectivity index (χ2n) is 27.6. The minimum absolute atomic E-state index is 0.0803. The standard InChI is InChI=1S/C67H90N6O7/c1-39(18-19-43-24-26-70-62-50(43)22-23-56(69-3)73-62)48(38-74)34-66-59(76)51-17-10-16-47-32-64(2)25-8-7-13-42-14-9-15-46-33-65(72-37-40-11-5-4-6-12-40)35-54-44(20-21-45-27-41(31-64)36-71-61(45)68)28-49(75)29-53(54)58(55(65)30-52(42)46)79-63(78)67(66,80-66)60(77)57(47)51/h9-10,15-17,24,27,33,36,40,42,44,49,52-56,58,61,69-75H,4-8,11-14,18-23,25-26,28-32,34-35,37-38,68H2,1-3H3/b48-39-/t42-,44-,49-,52-,53+,54+,55+,56-,58+,61?,64+,65+,66-,67-/m0/s1. The smallest absolute Gasteiger partial charge is 0.350 e. The lowest BCUT2D eigenvalue weighted by molar-refractivity contribution is -0.180. The van der Waals surface area contributed by atoms with E-state index in [2.05, 4.69) is 70.1 Å². The number of nitrogens with two attached hydrogens (primary N) is 1. The van der Waals surface area contributed by atoms with Crippen LogP contribution in [-0.2, 0) is 20.7 Å². The zero-order valence-corrected chi connectivity index (χ0v) is 47.9. The summed E-state index contributed by atoms with van der Waals surface area (Å²) >= 11 is 0. The van der Waals surface area contributed by atoms with Crippen molar-refractivity contribution in [3.63, 3.8) is 0 Å². The molecule has 4 fully saturated rings. The summed E-state index contributed by atoms with van der Waals surface area (Å²) in [5.41, 5.74) is 11.0. The molecular weight excluding hydrogens is 1000 g/mol. The number of epoxide rings is 1. The average Bonchev–Trinajstić information content (AvgIpc) is 2.13. The number of aliphatic hydroxyl groups is 2. The maximum Gasteiger partial charge on any atom is 0.350 e. The van der Waals surface area contributed by atoms with E-state index in [1.807, 2.05) is 26.1 Å². The Kier molecular flexibility index (Phi) is 14.7. The largest absolute Gasteiger partial charge is 0.459 e. The number of ketones is 2. The molecule has 430 valence electrons. The van der Waals surface area contributed by atoms with Gasteiger partial charge in [0.15, 0.2) is 11.4 Å². The van der Waals surface area contributed by atoms with Crippen LogP contribution in [0.2, 0.25) is 0 Å². The van der Waals surface area contributed by atoms with E-state index in [1.165, 1.54) is 54.4 Å². The van der Waals surface area contributed by atoms with Gasteiger partial charge in [0.1, 0.15) is 11.9 Å². The van der Waals surface area contributed by atoms with Crippen molar-refractivity contribution in [2.24, 2.45) is 52.6 Å². The number of ether oxygens (including phenoxy) is 2. The maximum absolute atomic E-state index is 16.5. The first kappa shape index (κ1) is 54.6. The fraction of sp³-hybridized carbons (Fsp3) is 0.657. The van der Waals surface area contributed by atoms with Crippen molar-refractivity contribution in [1.29, 1.82) is 0 Å². The summed E-state index contributed by atoms with van der Waals surface area (Å²) in [5, 5.41) is 42.0. The van der Waals surface area contributed by atoms with Crippen LogP contribution in [0.25, 0.3) is 0 Å². The third-order valence-corrected chi connectivity index (χ3v) is 22.7. The summed E-state index contributed by atoms with van der Waals surface area (Å²) in [6.07, 6.45) is 32.7. The molecule has 1 aromatic rings. The van der Waals surface area contributed by atoms with Crippen molar-refractivity contribution < 1.29 is 34.1 Å². The molecular formula is C67H90N6O7. The molecule has 1 spiro atoms. The Morgan fingerprint density at radius 2 is 1.80 bits per heavy atom. The summed E-state index contributed by atoms with van der Waals surface area (Å²) in [6, 6.07) is 5.63. The van der Waals surface area contributed by atoms with E-state index in [0.29, 0.717) is 49.6 Å². The Bertz CT molecular complexity index is 2890. The van der Waals surface area contributed by atoms with E-state index in [4.69, 9.17) is 15.2 Å². The average molecular weight is 1090 g/mol. The van der Waals surface area contributed by atoms with E-state index in [9.17, 15) is 10.2 Å². The van der Waals surface area contributed by atoms with Gasteiger partial charge >= 0.3 is 5.97 Å². The van der Waals surface area contributed by atoms with Gasteiger partial charge in [-0.05, 0) is 204 Å². The number of hydrogen-bond acceptors (Lipinski definition) is 13. The number of aliphatic hydroxyl groups excluding tert-OH is 2. The van der Waals surface area contributed by atoms with Crippen LogP contribution in [0.15, 0.2) is 99.6 Å². The van der Waals surface area contributed by atoms with Crippen molar-refractivity contribution in [3.05, 3.63) is 116 Å². The van der Waals surface area contributed by atoms with E-state index < -0.39 is 46.5 Å². The van der Waals surface area contributed by atoms with Gasteiger partial charge < -0.3 is 52.0 Å². The molecule has 14 atom stereocenters. The van der Waals surface area contributed by atoms with E-state index in [1.54, 1.807) is 6.07 Å². The highest BCUT2D eigenvalue weighted by Crippen LogP contribution is 2.63. The molecule has 3 saturated carbocycles. The molecule has 13 heteroatoms. The highest BCUT2D eigenvalue weighted by Gasteiger charge is 2.86. The number of fused-ring (bicyclic) bond motifs is 3. The van der Waals surface area contributed by atoms with Gasteiger partial charge in [0.05, 0.1) is 25.0 Å². The number of carbonyl (C=O) groups is 3. The normalized spacial score (nSPS) is 39.6. The lowest BCUT2D eigenvalue weighted by Gasteiger charge is -2.60. The summed E-state index contributed by atoms with van der Waals surface area (Å²) in [6.45, 7) is 5.58. The highest BCUT2D eigenvalue weighted by molar-refractivity contribution is 6.33. The first-order valence-corrected chi connectivity index (χ1v) is 31.5. The van der Waals surface area contributed by atoms with E-state index in [0.717, 1.165) is 113 Å². The van der Waals surface area contributed by atoms with Crippen LogP contribution < -0.4 is 32.3 Å². The molecule has 6 aliphatic heterocycles. The molecule has 1 saturated heterocycles. The molecule has 13 rings (SSSR count). The number of rotatable bonds is 10. The van der Waals surface area contributed by atoms with Crippen molar-refractivity contribution >= 4 is 17.5 Å². The highest BCUT2D eigenvalue weighted by atomic mass is 16.7. The van der Waals surface area contributed by atoms with Crippen LogP contribution >= 0.6 is 0 Å². The van der Waals surface area contributed by atoms with Crippen molar-refractivity contribution in [1.82, 2.24) is 26.6 Å². The molecule has 80 heavy (non-hydrogen) atoms. The summed E-state index contributed by atoms with van der Waals surface area (Å²) in [5.74, 6) is 0.458. The fourth-order valence-corrected chi connectivity index (χ4v) is 18.4. The third kappa shape index (κ3) is 9.48. The molecule has 0 amide bonds. The summed E-state index contributed by atoms with van der Waals surface area (Å²) < 4.78 is 14.3. The molecule has 0 aromatic heterocycles. The van der Waals surface area contributed by atoms with Crippen LogP contribution in [0, 0.1) is 46.8 Å². The van der Waals surface area contributed by atoms with Crippen LogP contribution in [-0.4, -0.2) is 95.8 Å². The lowest BCUT2D eigenvalue weighted by atomic mass is 9.50. The number of Topliss-reactive ketones (excluding diaryl/α,β-unsaturated/α-hetero) is 2. The molecule has 1 unspecified atom stereocenters. The molecule has 6 heterocycles. The quantitative estimate of drug-likeness (QED) is 0.0478. The van der Waals surface area contributed by atoms with Gasteiger partial charge in [-0.25, -0.2) is 4.79 Å². The number of hydrogen-bond donors (Lipinski definition) is 8. The zero-order valence-electron chi connectivity index (χ0n) is 47.9. The number of nitrogens with one attached hydrogen (secondary N) is 5. The fourth-order valence-electron chi connectivity index (χ4n) is 18.4. The summed E-state index contributed by atoms with van der Waals surface area (Å²) in [7, 11) is 1.97. The van der Waals surface area contributed by atoms with E-state index in [-0.39, 0.29) is 71.5 Å². The second-order valence-corrected chi connectivity index (χ2v) is 27.6. The number of carbonyl (C=O) groups excluding carboxylic acids is 3. The lowest BCUT2D eigenvalue weighted by Crippen LogP contribution is -2.67. The molecule has 0 radical (unpaired) electrons. The van der Waals surface area contributed by atoms with Gasteiger partial charge in [0.25, 0.3) is 5.60 Å². The Hall–Kier alpha value is -4.63. The van der Waals surface area contributed by atoms with Crippen molar-refractivity contribution in [2.45, 2.75) is 203 Å². The Morgan fingerprint density at radius 3 is 2.64 bits per heavy atom. The third-order valence-electron chi connectivity index (χ3n) is 22.7. The van der Waals surface area contributed by atoms with Gasteiger partial charge in [0, 0.05) is 47.7 Å². The van der Waals surface area contributed by atoms with Crippen LogP contribution in [0.5, 0.6) is 0 Å². The molecule has 13 nitrogen and oxygen atoms in total. The van der Waals surface area contributed by atoms with Crippen LogP contribution in [0.3, 0.4) is 0 Å². The molecule has 12 aliphatic rings. The monoisotopic (exact) mass is 1090 g/mol. The Balaban J connectivity index is 0.954. The molecule has 9 N–H and O–H groups in total. The number of benzene rings is 1. The molecule has 6 aliphatic carbocycles. The summed E-state index contributed by atoms with van der Waals surface area (Å²) in [4.78, 5) is 48.8. The van der Waals surface area contributed by atoms with Gasteiger partial charge in [0.2, 0.25) is 5.78 Å². The topological polar surface area (TPSA) is 200 Å². The molecule has 11 bridgehead atoms. The van der Waals surface area contributed by atoms with Crippen molar-refractivity contribution in [2.75, 3.05) is 26.7 Å². The van der Waals surface area contributed by atoms with E-state index >= 15 is 14.4 Å². The first-order valence-electron chi connectivity index (χ1n) is 31.5. The zero-order chi connectivity index (χ0) is 55.1. The SMILES string of the molecule is CN[C@@H]1CCC2=C(NCC=C2CC/C(C)=C(\CO)C[C@@]23O[C@@]24C(=O)O[C@@H]2[C@@H]5C[C@@H](O)C[C@@H]6CCC7=CC(=CNC7N)C[C@@](C)(CCCC[C@H]7CC=CC8=C[C@@](NCC9CCCCC9)(C[C@H]65)[C@@H]2C[C@H]87)Cc2cccc(c2C4=O)C3=O)N1. The number of dihydropyridines is 2. The Labute approximate surface area is 474 Å². The predicted octanol–water partition coefficient (Wildman–Crippen LogP) is 9.09. The maximum atomic E-state index is 16.5. The van der Waals surface area contributed by atoms with Gasteiger partial charge in [-0.2, -0.15) is 0 Å². The van der Waals surface area contributed by atoms with Crippen LogP contribution in [0.1, 0.15) is 181 Å². The van der Waals surface area contributed by atoms with Crippen molar-refractivity contribution in [3.8, 4) is 0 Å². The first-order chi connectivity index (χ1) is 38.7. The second kappa shape index (κ2) is 21.5. The minimum Gasteiger partial charge on any atom is -0.459 e. The molecule has 1 aromatic carbocycles. The number of allylic oxidation sites excluding steroid dienone is 8. The van der Waals surface area contributed by atoms with Gasteiger partial charge in [-0.15, -0.1) is 0 Å². The van der Waals surface area contributed by atoms with Crippen LogP contribution in [0.4, 0.5) is 0 Å². The number of esters is 1. The predicted molar refractivity (Wildman–Crippen MR) is 309 cm³/mol.